The summed E-state index contributed by atoms with van der Waals surface area (Å²) in [5.74, 6) is -0.188. The molecule has 6 heteroatoms. The predicted octanol–water partition coefficient (Wildman–Crippen LogP) is 2.79. The summed E-state index contributed by atoms with van der Waals surface area (Å²) in [6.45, 7) is 2.27. The maximum Gasteiger partial charge on any atom is 0.274 e. The van der Waals surface area contributed by atoms with Gasteiger partial charge in [0, 0.05) is 11.6 Å². The highest BCUT2D eigenvalue weighted by atomic mass is 16.5. The molecule has 0 aliphatic heterocycles. The SMILES string of the molecule is CC[C@@H](COc1ccc(C(=O)NO)cc1)NC(=O)/C=C/c1ccccc1. The molecule has 0 heterocycles. The maximum atomic E-state index is 12.0. The molecule has 0 unspecified atom stereocenters. The average Bonchev–Trinajstić information content (AvgIpc) is 2.70. The van der Waals surface area contributed by atoms with Gasteiger partial charge in [0.15, 0.2) is 0 Å². The van der Waals surface area contributed by atoms with Gasteiger partial charge in [0.1, 0.15) is 12.4 Å². The third-order valence-electron chi connectivity index (χ3n) is 3.74. The lowest BCUT2D eigenvalue weighted by molar-refractivity contribution is -0.117. The number of carbonyl (C=O) groups excluding carboxylic acids is 2. The molecule has 2 aromatic carbocycles. The van der Waals surface area contributed by atoms with Gasteiger partial charge in [0.05, 0.1) is 6.04 Å². The van der Waals surface area contributed by atoms with E-state index in [-0.39, 0.29) is 11.9 Å². The van der Waals surface area contributed by atoms with Crippen molar-refractivity contribution in [1.29, 1.82) is 0 Å². The Morgan fingerprint density at radius 1 is 1.12 bits per heavy atom. The fourth-order valence-electron chi connectivity index (χ4n) is 2.21. The van der Waals surface area contributed by atoms with Crippen molar-refractivity contribution in [2.45, 2.75) is 19.4 Å². The van der Waals surface area contributed by atoms with Crippen LogP contribution in [-0.2, 0) is 4.79 Å². The first-order valence-corrected chi connectivity index (χ1v) is 8.33. The normalized spacial score (nSPS) is 11.8. The van der Waals surface area contributed by atoms with E-state index >= 15 is 0 Å². The number of hydrogen-bond donors (Lipinski definition) is 3. The van der Waals surface area contributed by atoms with E-state index in [4.69, 9.17) is 9.94 Å². The predicted molar refractivity (Wildman–Crippen MR) is 98.9 cm³/mol. The van der Waals surface area contributed by atoms with E-state index in [9.17, 15) is 9.59 Å². The number of ether oxygens (including phenoxy) is 1. The molecule has 1 atom stereocenters. The Balaban J connectivity index is 1.84. The summed E-state index contributed by atoms with van der Waals surface area (Å²) in [6, 6.07) is 15.8. The van der Waals surface area contributed by atoms with E-state index < -0.39 is 5.91 Å². The lowest BCUT2D eigenvalue weighted by Crippen LogP contribution is -2.37. The van der Waals surface area contributed by atoms with Crippen molar-refractivity contribution in [3.05, 3.63) is 71.8 Å². The molecule has 0 aliphatic rings. The maximum absolute atomic E-state index is 12.0. The van der Waals surface area contributed by atoms with Crippen molar-refractivity contribution in [3.8, 4) is 5.75 Å². The van der Waals surface area contributed by atoms with E-state index in [1.165, 1.54) is 6.08 Å². The van der Waals surface area contributed by atoms with Crippen LogP contribution in [0, 0.1) is 0 Å². The van der Waals surface area contributed by atoms with Crippen LogP contribution in [-0.4, -0.2) is 29.7 Å². The number of amides is 2. The Kier molecular flexibility index (Phi) is 7.39. The van der Waals surface area contributed by atoms with Crippen LogP contribution in [0.15, 0.2) is 60.7 Å². The Labute approximate surface area is 152 Å². The minimum Gasteiger partial charge on any atom is -0.491 e. The Hall–Kier alpha value is -3.12. The first kappa shape index (κ1) is 19.2. The highest BCUT2D eigenvalue weighted by molar-refractivity contribution is 5.93. The summed E-state index contributed by atoms with van der Waals surface area (Å²) in [4.78, 5) is 23.3. The fourth-order valence-corrected chi connectivity index (χ4v) is 2.21. The van der Waals surface area contributed by atoms with Crippen molar-refractivity contribution in [2.75, 3.05) is 6.61 Å². The first-order chi connectivity index (χ1) is 12.6. The van der Waals surface area contributed by atoms with Gasteiger partial charge in [-0.15, -0.1) is 0 Å². The number of benzene rings is 2. The monoisotopic (exact) mass is 354 g/mol. The van der Waals surface area contributed by atoms with Crippen LogP contribution in [0.3, 0.4) is 0 Å². The molecule has 0 aliphatic carbocycles. The van der Waals surface area contributed by atoms with E-state index in [0.29, 0.717) is 17.9 Å². The van der Waals surface area contributed by atoms with Crippen LogP contribution in [0.5, 0.6) is 5.75 Å². The molecule has 0 saturated heterocycles. The van der Waals surface area contributed by atoms with E-state index in [1.54, 1.807) is 35.8 Å². The Bertz CT molecular complexity index is 742. The number of nitrogens with one attached hydrogen (secondary N) is 2. The Morgan fingerprint density at radius 3 is 2.42 bits per heavy atom. The molecule has 136 valence electrons. The van der Waals surface area contributed by atoms with Crippen molar-refractivity contribution < 1.29 is 19.5 Å². The van der Waals surface area contributed by atoms with E-state index in [1.807, 2.05) is 37.3 Å². The molecule has 0 radical (unpaired) electrons. The third kappa shape index (κ3) is 6.07. The standard InChI is InChI=1S/C20H22N2O4/c1-2-17(21-19(23)13-8-15-6-4-3-5-7-15)14-26-18-11-9-16(10-12-18)20(24)22-25/h3-13,17,25H,2,14H2,1H3,(H,21,23)(H,22,24)/b13-8+/t17-/m0/s1. The summed E-state index contributed by atoms with van der Waals surface area (Å²) < 4.78 is 5.66. The minimum absolute atomic E-state index is 0.136. The second kappa shape index (κ2) is 10.0. The van der Waals surface area contributed by atoms with E-state index in [2.05, 4.69) is 5.32 Å². The fraction of sp³-hybridized carbons (Fsp3) is 0.200. The summed E-state index contributed by atoms with van der Waals surface area (Å²) in [7, 11) is 0. The smallest absolute Gasteiger partial charge is 0.274 e. The molecule has 0 saturated carbocycles. The summed E-state index contributed by atoms with van der Waals surface area (Å²) in [6.07, 6.45) is 3.98. The van der Waals surface area contributed by atoms with Gasteiger partial charge in [-0.2, -0.15) is 0 Å². The van der Waals surface area contributed by atoms with Gasteiger partial charge in [0.2, 0.25) is 5.91 Å². The molecule has 0 spiro atoms. The van der Waals surface area contributed by atoms with Gasteiger partial charge in [0.25, 0.3) is 5.91 Å². The van der Waals surface area contributed by atoms with Crippen molar-refractivity contribution >= 4 is 17.9 Å². The van der Waals surface area contributed by atoms with Gasteiger partial charge in [-0.1, -0.05) is 37.3 Å². The lowest BCUT2D eigenvalue weighted by Gasteiger charge is -2.17. The van der Waals surface area contributed by atoms with Gasteiger partial charge < -0.3 is 10.1 Å². The third-order valence-corrected chi connectivity index (χ3v) is 3.74. The summed E-state index contributed by atoms with van der Waals surface area (Å²) >= 11 is 0. The molecule has 0 bridgehead atoms. The number of hydroxylamine groups is 1. The zero-order valence-corrected chi connectivity index (χ0v) is 14.5. The largest absolute Gasteiger partial charge is 0.491 e. The highest BCUT2D eigenvalue weighted by Crippen LogP contribution is 2.13. The van der Waals surface area contributed by atoms with Gasteiger partial charge in [-0.05, 0) is 42.3 Å². The molecule has 26 heavy (non-hydrogen) atoms. The second-order valence-electron chi connectivity index (χ2n) is 5.63. The average molecular weight is 354 g/mol. The topological polar surface area (TPSA) is 87.7 Å². The molecular weight excluding hydrogens is 332 g/mol. The van der Waals surface area contributed by atoms with Crippen LogP contribution >= 0.6 is 0 Å². The zero-order valence-electron chi connectivity index (χ0n) is 14.5. The van der Waals surface area contributed by atoms with Crippen molar-refractivity contribution in [3.63, 3.8) is 0 Å². The molecule has 6 nitrogen and oxygen atoms in total. The van der Waals surface area contributed by atoms with Crippen LogP contribution in [0.2, 0.25) is 0 Å². The first-order valence-electron chi connectivity index (χ1n) is 8.33. The molecule has 0 aromatic heterocycles. The molecular formula is C20H22N2O4. The zero-order chi connectivity index (χ0) is 18.8. The van der Waals surface area contributed by atoms with Crippen molar-refractivity contribution in [2.24, 2.45) is 0 Å². The number of hydrogen-bond acceptors (Lipinski definition) is 4. The minimum atomic E-state index is -0.583. The van der Waals surface area contributed by atoms with Crippen LogP contribution in [0.25, 0.3) is 6.08 Å². The van der Waals surface area contributed by atoms with Crippen molar-refractivity contribution in [1.82, 2.24) is 10.8 Å². The molecule has 0 fully saturated rings. The van der Waals surface area contributed by atoms with E-state index in [0.717, 1.165) is 12.0 Å². The van der Waals surface area contributed by atoms with Gasteiger partial charge in [-0.3, -0.25) is 14.8 Å². The molecule has 2 aromatic rings. The lowest BCUT2D eigenvalue weighted by atomic mass is 10.2. The summed E-state index contributed by atoms with van der Waals surface area (Å²) in [5.41, 5.74) is 2.85. The van der Waals surface area contributed by atoms with Gasteiger partial charge in [-0.25, -0.2) is 5.48 Å². The molecule has 2 amide bonds. The molecule has 2 rings (SSSR count). The second-order valence-corrected chi connectivity index (χ2v) is 5.63. The van der Waals surface area contributed by atoms with Crippen LogP contribution in [0.4, 0.5) is 0 Å². The van der Waals surface area contributed by atoms with Crippen LogP contribution in [0.1, 0.15) is 29.3 Å². The highest BCUT2D eigenvalue weighted by Gasteiger charge is 2.10. The van der Waals surface area contributed by atoms with Crippen LogP contribution < -0.4 is 15.5 Å². The Morgan fingerprint density at radius 2 is 1.81 bits per heavy atom. The number of rotatable bonds is 8. The quantitative estimate of drug-likeness (QED) is 0.386. The summed E-state index contributed by atoms with van der Waals surface area (Å²) in [5, 5.41) is 11.5. The number of carbonyl (C=O) groups is 2. The molecule has 3 N–H and O–H groups in total. The van der Waals surface area contributed by atoms with Gasteiger partial charge >= 0.3 is 0 Å².